The lowest BCUT2D eigenvalue weighted by Gasteiger charge is -2.22. The van der Waals surface area contributed by atoms with Gasteiger partial charge < -0.3 is 5.32 Å². The average molecular weight is 295 g/mol. The van der Waals surface area contributed by atoms with Crippen LogP contribution in [0, 0.1) is 6.92 Å². The summed E-state index contributed by atoms with van der Waals surface area (Å²) in [5.41, 5.74) is 2.45. The molecule has 1 unspecified atom stereocenters. The molecule has 2 aromatic heterocycles. The fourth-order valence-electron chi connectivity index (χ4n) is 2.09. The lowest BCUT2D eigenvalue weighted by molar-refractivity contribution is 0.543. The highest BCUT2D eigenvalue weighted by Gasteiger charge is 2.28. The van der Waals surface area contributed by atoms with Gasteiger partial charge in [-0.2, -0.15) is 0 Å². The van der Waals surface area contributed by atoms with E-state index < -0.39 is 0 Å². The minimum atomic E-state index is 0.0288. The van der Waals surface area contributed by atoms with E-state index in [1.54, 1.807) is 11.3 Å². The van der Waals surface area contributed by atoms with Gasteiger partial charge in [0.15, 0.2) is 0 Å². The van der Waals surface area contributed by atoms with Crippen LogP contribution in [0.4, 0.5) is 0 Å². The Morgan fingerprint density at radius 1 is 1.37 bits per heavy atom. The molecule has 0 spiro atoms. The minimum Gasteiger partial charge on any atom is -0.306 e. The molecule has 0 amide bonds. The van der Waals surface area contributed by atoms with Crippen LogP contribution < -0.4 is 5.32 Å². The summed E-state index contributed by atoms with van der Waals surface area (Å²) >= 11 is 3.30. The van der Waals surface area contributed by atoms with Crippen molar-refractivity contribution in [3.8, 4) is 0 Å². The van der Waals surface area contributed by atoms with Gasteiger partial charge in [-0.15, -0.1) is 16.4 Å². The van der Waals surface area contributed by atoms with Crippen LogP contribution >= 0.6 is 22.9 Å². The van der Waals surface area contributed by atoms with Crippen molar-refractivity contribution in [1.29, 1.82) is 0 Å². The van der Waals surface area contributed by atoms with Gasteiger partial charge in [-0.25, -0.2) is 0 Å². The van der Waals surface area contributed by atoms with Crippen molar-refractivity contribution in [3.05, 3.63) is 32.5 Å². The Kier molecular flexibility index (Phi) is 4.38. The molecule has 0 saturated heterocycles. The molecule has 1 atom stereocenters. The quantitative estimate of drug-likeness (QED) is 0.929. The van der Waals surface area contributed by atoms with E-state index in [0.717, 1.165) is 12.2 Å². The van der Waals surface area contributed by atoms with Crippen LogP contribution in [-0.4, -0.2) is 16.1 Å². The topological polar surface area (TPSA) is 37.8 Å². The van der Waals surface area contributed by atoms with Gasteiger partial charge >= 0.3 is 0 Å². The number of nitrogens with one attached hydrogen (secondary N) is 1. The van der Waals surface area contributed by atoms with E-state index in [2.05, 4.69) is 61.0 Å². The van der Waals surface area contributed by atoms with Gasteiger partial charge in [0.1, 0.15) is 0 Å². The molecule has 19 heavy (non-hydrogen) atoms. The Morgan fingerprint density at radius 2 is 2.11 bits per heavy atom. The van der Waals surface area contributed by atoms with Crippen molar-refractivity contribution in [3.63, 3.8) is 0 Å². The van der Waals surface area contributed by atoms with Crippen LogP contribution in [-0.2, 0) is 5.41 Å². The lowest BCUT2D eigenvalue weighted by atomic mass is 9.89. The van der Waals surface area contributed by atoms with Crippen molar-refractivity contribution < 1.29 is 0 Å². The lowest BCUT2D eigenvalue weighted by Crippen LogP contribution is -2.24. The zero-order valence-corrected chi connectivity index (χ0v) is 13.8. The van der Waals surface area contributed by atoms with Gasteiger partial charge in [-0.05, 0) is 42.0 Å². The highest BCUT2D eigenvalue weighted by atomic mass is 32.1. The summed E-state index contributed by atoms with van der Waals surface area (Å²) < 4.78 is 4.18. The number of thiophene rings is 1. The summed E-state index contributed by atoms with van der Waals surface area (Å²) in [5.74, 6) is 0. The third-order valence-electron chi connectivity index (χ3n) is 2.98. The molecule has 0 aliphatic heterocycles. The first-order valence-electron chi connectivity index (χ1n) is 6.54. The Hall–Kier alpha value is -0.780. The second-order valence-electron chi connectivity index (χ2n) is 5.72. The third kappa shape index (κ3) is 3.22. The molecule has 0 saturated carbocycles. The van der Waals surface area contributed by atoms with Gasteiger partial charge in [0.05, 0.1) is 16.6 Å². The predicted molar refractivity (Wildman–Crippen MR) is 83.2 cm³/mol. The number of nitrogens with zero attached hydrogens (tertiary/aromatic N) is 2. The van der Waals surface area contributed by atoms with Crippen LogP contribution in [0.2, 0.25) is 0 Å². The smallest absolute Gasteiger partial charge is 0.0860 e. The van der Waals surface area contributed by atoms with Crippen molar-refractivity contribution in [1.82, 2.24) is 14.9 Å². The van der Waals surface area contributed by atoms with E-state index in [1.807, 2.05) is 0 Å². The first-order chi connectivity index (χ1) is 8.93. The van der Waals surface area contributed by atoms with Crippen molar-refractivity contribution in [2.45, 2.75) is 46.1 Å². The third-order valence-corrected chi connectivity index (χ3v) is 4.65. The van der Waals surface area contributed by atoms with Crippen molar-refractivity contribution in [2.75, 3.05) is 6.54 Å². The Bertz CT molecular complexity index is 537. The molecule has 0 radical (unpaired) electrons. The van der Waals surface area contributed by atoms with E-state index in [1.165, 1.54) is 26.9 Å². The molecule has 104 valence electrons. The van der Waals surface area contributed by atoms with Gasteiger partial charge in [-0.3, -0.25) is 0 Å². The monoisotopic (exact) mass is 295 g/mol. The Morgan fingerprint density at radius 3 is 2.63 bits per heavy atom. The maximum absolute atomic E-state index is 4.35. The molecule has 0 aliphatic rings. The predicted octanol–water partition coefficient (Wildman–Crippen LogP) is 3.90. The normalized spacial score (nSPS) is 13.7. The molecule has 5 heteroatoms. The number of hydrogen-bond donors (Lipinski definition) is 1. The van der Waals surface area contributed by atoms with Crippen LogP contribution in [0.15, 0.2) is 11.4 Å². The van der Waals surface area contributed by atoms with E-state index in [9.17, 15) is 0 Å². The highest BCUT2D eigenvalue weighted by Crippen LogP contribution is 2.34. The largest absolute Gasteiger partial charge is 0.306 e. The second kappa shape index (κ2) is 5.69. The summed E-state index contributed by atoms with van der Waals surface area (Å²) in [6.07, 6.45) is 0. The summed E-state index contributed by atoms with van der Waals surface area (Å²) in [5, 5.41) is 10.2. The molecule has 2 heterocycles. The maximum Gasteiger partial charge on any atom is 0.0860 e. The highest BCUT2D eigenvalue weighted by molar-refractivity contribution is 7.10. The average Bonchev–Trinajstić information content (AvgIpc) is 2.93. The minimum absolute atomic E-state index is 0.0288. The number of aromatic nitrogens is 2. The van der Waals surface area contributed by atoms with E-state index in [4.69, 9.17) is 0 Å². The van der Waals surface area contributed by atoms with Crippen molar-refractivity contribution in [2.24, 2.45) is 0 Å². The summed E-state index contributed by atoms with van der Waals surface area (Å²) in [6.45, 7) is 11.8. The second-order valence-corrected chi connectivity index (χ2v) is 7.62. The molecular formula is C14H21N3S2. The molecular weight excluding hydrogens is 274 g/mol. The van der Waals surface area contributed by atoms with Crippen LogP contribution in [0.1, 0.15) is 54.7 Å². The number of aryl methyl sites for hydroxylation is 1. The van der Waals surface area contributed by atoms with E-state index >= 15 is 0 Å². The number of hydrogen-bond acceptors (Lipinski definition) is 5. The Labute approximate surface area is 123 Å². The maximum atomic E-state index is 4.35. The summed E-state index contributed by atoms with van der Waals surface area (Å²) in [6, 6.07) is 2.47. The molecule has 1 N–H and O–H groups in total. The Balaban J connectivity index is 2.43. The molecule has 2 aromatic rings. The number of rotatable bonds is 4. The molecule has 3 nitrogen and oxygen atoms in total. The zero-order valence-electron chi connectivity index (χ0n) is 12.2. The van der Waals surface area contributed by atoms with Crippen LogP contribution in [0.3, 0.4) is 0 Å². The first kappa shape index (κ1) is 14.6. The fraction of sp³-hybridized carbons (Fsp3) is 0.571. The summed E-state index contributed by atoms with van der Waals surface area (Å²) in [7, 11) is 0. The molecule has 0 bridgehead atoms. The molecule has 0 aliphatic carbocycles. The summed E-state index contributed by atoms with van der Waals surface area (Å²) in [4.78, 5) is 2.58. The molecule has 0 aromatic carbocycles. The van der Waals surface area contributed by atoms with Gasteiger partial charge in [0.25, 0.3) is 0 Å². The van der Waals surface area contributed by atoms with Gasteiger partial charge in [-0.1, -0.05) is 32.2 Å². The van der Waals surface area contributed by atoms with E-state index in [-0.39, 0.29) is 11.5 Å². The van der Waals surface area contributed by atoms with Crippen LogP contribution in [0.25, 0.3) is 0 Å². The SMILES string of the molecule is CCNC(c1csc(C)c1)c1snnc1C(C)(C)C. The molecule has 2 rings (SSSR count). The van der Waals surface area contributed by atoms with Crippen molar-refractivity contribution >= 4 is 22.9 Å². The molecule has 0 fully saturated rings. The standard InChI is InChI=1S/C14H21N3S2/c1-6-15-11(10-7-9(2)18-8-10)12-13(14(3,4)5)16-17-19-12/h7-8,11,15H,6H2,1-5H3. The zero-order chi connectivity index (χ0) is 14.0. The van der Waals surface area contributed by atoms with Crippen LogP contribution in [0.5, 0.6) is 0 Å². The van der Waals surface area contributed by atoms with Gasteiger partial charge in [0, 0.05) is 10.3 Å². The first-order valence-corrected chi connectivity index (χ1v) is 8.20. The fourth-order valence-corrected chi connectivity index (χ4v) is 3.79. The van der Waals surface area contributed by atoms with E-state index in [0.29, 0.717) is 0 Å². The van der Waals surface area contributed by atoms with Gasteiger partial charge in [0.2, 0.25) is 0 Å².